The Kier molecular flexibility index (Phi) is 4.74. The second-order valence-electron chi connectivity index (χ2n) is 4.13. The van der Waals surface area contributed by atoms with Gasteiger partial charge >= 0.3 is 0 Å². The highest BCUT2D eigenvalue weighted by Gasteiger charge is 2.14. The quantitative estimate of drug-likeness (QED) is 0.600. The Morgan fingerprint density at radius 3 is 2.63 bits per heavy atom. The summed E-state index contributed by atoms with van der Waals surface area (Å²) in [6.07, 6.45) is 2.46. The van der Waals surface area contributed by atoms with Crippen molar-refractivity contribution in [2.45, 2.75) is 31.7 Å². The van der Waals surface area contributed by atoms with Crippen molar-refractivity contribution in [3.8, 4) is 0 Å². The second kappa shape index (κ2) is 6.52. The maximum Gasteiger partial charge on any atom is 0.212 e. The number of aryl methyl sites for hydroxylation is 1. The lowest BCUT2D eigenvalue weighted by molar-refractivity contribution is 0.102. The van der Waals surface area contributed by atoms with Gasteiger partial charge in [0.25, 0.3) is 0 Å². The van der Waals surface area contributed by atoms with Gasteiger partial charge in [0.1, 0.15) is 5.69 Å². The van der Waals surface area contributed by atoms with Crippen molar-refractivity contribution >= 4 is 17.5 Å². The van der Waals surface area contributed by atoms with Crippen molar-refractivity contribution in [3.05, 3.63) is 41.7 Å². The Hall–Kier alpha value is -1.62. The third-order valence-electron chi connectivity index (χ3n) is 2.71. The molecule has 100 valence electrons. The molecular formula is C14H17N3OS. The lowest BCUT2D eigenvalue weighted by Gasteiger charge is -2.04. The summed E-state index contributed by atoms with van der Waals surface area (Å²) in [5.74, 6) is 1.01. The van der Waals surface area contributed by atoms with E-state index in [1.54, 1.807) is 16.4 Å². The normalized spacial score (nSPS) is 10.6. The first-order valence-corrected chi connectivity index (χ1v) is 7.40. The monoisotopic (exact) mass is 275 g/mol. The Morgan fingerprint density at radius 1 is 1.26 bits per heavy atom. The van der Waals surface area contributed by atoms with Crippen LogP contribution in [0.2, 0.25) is 0 Å². The number of hydrogen-bond acceptors (Lipinski definition) is 4. The van der Waals surface area contributed by atoms with Gasteiger partial charge in [0.2, 0.25) is 5.78 Å². The van der Waals surface area contributed by atoms with Crippen LogP contribution < -0.4 is 0 Å². The SMILES string of the molecule is CCCn1nncc1C(=O)c1ccc(SCC)cc1. The molecule has 19 heavy (non-hydrogen) atoms. The van der Waals surface area contributed by atoms with E-state index in [0.717, 1.165) is 12.2 Å². The Labute approximate surface area is 117 Å². The third kappa shape index (κ3) is 3.23. The van der Waals surface area contributed by atoms with Crippen LogP contribution >= 0.6 is 11.8 Å². The molecule has 4 nitrogen and oxygen atoms in total. The number of carbonyl (C=O) groups is 1. The lowest BCUT2D eigenvalue weighted by Crippen LogP contribution is -2.11. The van der Waals surface area contributed by atoms with Crippen molar-refractivity contribution in [3.63, 3.8) is 0 Å². The van der Waals surface area contributed by atoms with Gasteiger partial charge in [-0.1, -0.05) is 19.1 Å². The van der Waals surface area contributed by atoms with Gasteiger partial charge in [-0.25, -0.2) is 4.68 Å². The predicted molar refractivity (Wildman–Crippen MR) is 76.6 cm³/mol. The standard InChI is InChI=1S/C14H17N3OS/c1-3-9-17-13(10-15-16-17)14(18)11-5-7-12(8-6-11)19-4-2/h5-8,10H,3-4,9H2,1-2H3. The van der Waals surface area contributed by atoms with E-state index in [-0.39, 0.29) is 5.78 Å². The van der Waals surface area contributed by atoms with E-state index in [9.17, 15) is 4.79 Å². The number of benzene rings is 1. The fourth-order valence-corrected chi connectivity index (χ4v) is 2.49. The molecule has 0 radical (unpaired) electrons. The molecule has 0 saturated carbocycles. The molecule has 0 spiro atoms. The molecule has 2 rings (SSSR count). The summed E-state index contributed by atoms with van der Waals surface area (Å²) >= 11 is 1.76. The highest BCUT2D eigenvalue weighted by molar-refractivity contribution is 7.99. The van der Waals surface area contributed by atoms with Crippen LogP contribution in [0.3, 0.4) is 0 Å². The smallest absolute Gasteiger partial charge is 0.212 e. The molecule has 0 aliphatic heterocycles. The summed E-state index contributed by atoms with van der Waals surface area (Å²) in [6.45, 7) is 4.87. The number of nitrogens with zero attached hydrogens (tertiary/aromatic N) is 3. The first-order valence-electron chi connectivity index (χ1n) is 6.42. The topological polar surface area (TPSA) is 47.8 Å². The van der Waals surface area contributed by atoms with E-state index >= 15 is 0 Å². The first-order chi connectivity index (χ1) is 9.26. The van der Waals surface area contributed by atoms with Crippen LogP contribution in [0.1, 0.15) is 36.3 Å². The molecule has 0 saturated heterocycles. The molecule has 0 bridgehead atoms. The number of thioether (sulfide) groups is 1. The second-order valence-corrected chi connectivity index (χ2v) is 5.47. The molecule has 1 heterocycles. The molecule has 0 aliphatic carbocycles. The van der Waals surface area contributed by atoms with Gasteiger partial charge in [-0.05, 0) is 36.4 Å². The summed E-state index contributed by atoms with van der Waals surface area (Å²) in [6, 6.07) is 7.69. The molecular weight excluding hydrogens is 258 g/mol. The summed E-state index contributed by atoms with van der Waals surface area (Å²) < 4.78 is 1.66. The van der Waals surface area contributed by atoms with E-state index in [1.165, 1.54) is 11.1 Å². The Morgan fingerprint density at radius 2 is 2.00 bits per heavy atom. The number of carbonyl (C=O) groups excluding carboxylic acids is 1. The van der Waals surface area contributed by atoms with Crippen molar-refractivity contribution in [1.82, 2.24) is 15.0 Å². The van der Waals surface area contributed by atoms with Gasteiger partial charge in [0.05, 0.1) is 6.20 Å². The van der Waals surface area contributed by atoms with Crippen LogP contribution in [0.15, 0.2) is 35.4 Å². The zero-order valence-corrected chi connectivity index (χ0v) is 12.0. The van der Waals surface area contributed by atoms with Crippen LogP contribution in [-0.4, -0.2) is 26.5 Å². The van der Waals surface area contributed by atoms with E-state index < -0.39 is 0 Å². The summed E-state index contributed by atoms with van der Waals surface area (Å²) in [5, 5.41) is 7.76. The molecule has 0 atom stereocenters. The van der Waals surface area contributed by atoms with Crippen molar-refractivity contribution < 1.29 is 4.79 Å². The van der Waals surface area contributed by atoms with Gasteiger partial charge in [-0.15, -0.1) is 16.9 Å². The summed E-state index contributed by atoms with van der Waals surface area (Å²) in [5.41, 5.74) is 1.23. The largest absolute Gasteiger partial charge is 0.287 e. The maximum atomic E-state index is 12.4. The molecule has 2 aromatic rings. The highest BCUT2D eigenvalue weighted by atomic mass is 32.2. The van der Waals surface area contributed by atoms with E-state index in [2.05, 4.69) is 17.2 Å². The zero-order chi connectivity index (χ0) is 13.7. The van der Waals surface area contributed by atoms with E-state index in [0.29, 0.717) is 17.8 Å². The fraction of sp³-hybridized carbons (Fsp3) is 0.357. The van der Waals surface area contributed by atoms with Gasteiger partial charge in [0, 0.05) is 17.0 Å². The van der Waals surface area contributed by atoms with Gasteiger partial charge < -0.3 is 0 Å². The number of aromatic nitrogens is 3. The van der Waals surface area contributed by atoms with Crippen LogP contribution in [0, 0.1) is 0 Å². The lowest BCUT2D eigenvalue weighted by atomic mass is 10.1. The first kappa shape index (κ1) is 13.8. The maximum absolute atomic E-state index is 12.4. The average Bonchev–Trinajstić information content (AvgIpc) is 2.88. The predicted octanol–water partition coefficient (Wildman–Crippen LogP) is 3.03. The van der Waals surface area contributed by atoms with Gasteiger partial charge in [0.15, 0.2) is 0 Å². The molecule has 0 amide bonds. The summed E-state index contributed by atoms with van der Waals surface area (Å²) in [7, 11) is 0. The molecule has 0 fully saturated rings. The highest BCUT2D eigenvalue weighted by Crippen LogP contribution is 2.19. The molecule has 5 heteroatoms. The minimum absolute atomic E-state index is 0.0218. The molecule has 1 aromatic carbocycles. The fourth-order valence-electron chi connectivity index (χ4n) is 1.83. The minimum Gasteiger partial charge on any atom is -0.287 e. The zero-order valence-electron chi connectivity index (χ0n) is 11.2. The van der Waals surface area contributed by atoms with Crippen molar-refractivity contribution in [1.29, 1.82) is 0 Å². The van der Waals surface area contributed by atoms with Gasteiger partial charge in [-0.3, -0.25) is 4.79 Å². The summed E-state index contributed by atoms with van der Waals surface area (Å²) in [4.78, 5) is 13.5. The van der Waals surface area contributed by atoms with E-state index in [1.807, 2.05) is 31.2 Å². The van der Waals surface area contributed by atoms with Crippen LogP contribution in [-0.2, 0) is 6.54 Å². The molecule has 0 N–H and O–H groups in total. The van der Waals surface area contributed by atoms with Gasteiger partial charge in [-0.2, -0.15) is 0 Å². The molecule has 1 aromatic heterocycles. The minimum atomic E-state index is -0.0218. The third-order valence-corrected chi connectivity index (χ3v) is 3.61. The van der Waals surface area contributed by atoms with Crippen molar-refractivity contribution in [2.75, 3.05) is 5.75 Å². The van der Waals surface area contributed by atoms with Crippen molar-refractivity contribution in [2.24, 2.45) is 0 Å². The number of rotatable bonds is 6. The average molecular weight is 275 g/mol. The molecule has 0 aliphatic rings. The number of ketones is 1. The number of hydrogen-bond donors (Lipinski definition) is 0. The van der Waals surface area contributed by atoms with Crippen LogP contribution in [0.4, 0.5) is 0 Å². The van der Waals surface area contributed by atoms with Crippen LogP contribution in [0.25, 0.3) is 0 Å². The van der Waals surface area contributed by atoms with Crippen LogP contribution in [0.5, 0.6) is 0 Å². The van der Waals surface area contributed by atoms with E-state index in [4.69, 9.17) is 0 Å². The Bertz CT molecular complexity index is 548. The molecule has 0 unspecified atom stereocenters. The Balaban J connectivity index is 2.21.